The Morgan fingerprint density at radius 3 is 1.30 bits per heavy atom. The summed E-state index contributed by atoms with van der Waals surface area (Å²) in [6, 6.07) is 9.93. The molecule has 0 aliphatic heterocycles. The molecule has 0 amide bonds. The molecule has 0 aliphatic rings. The Labute approximate surface area is 110 Å². The van der Waals surface area contributed by atoms with E-state index in [2.05, 4.69) is 12.1 Å². The number of rotatable bonds is 1. The third-order valence-corrected chi connectivity index (χ3v) is 2.63. The van der Waals surface area contributed by atoms with Crippen molar-refractivity contribution in [2.24, 2.45) is 0 Å². The van der Waals surface area contributed by atoms with Crippen molar-refractivity contribution in [3.63, 3.8) is 0 Å². The molecule has 0 N–H and O–H groups in total. The van der Waals surface area contributed by atoms with E-state index in [9.17, 15) is 26.3 Å². The van der Waals surface area contributed by atoms with Gasteiger partial charge < -0.3 is 0 Å². The number of hydrogen-bond acceptors (Lipinski definition) is 0. The first-order chi connectivity index (χ1) is 9.21. The first kappa shape index (κ1) is 14.4. The molecular weight excluding hydrogens is 282 g/mol. The molecule has 2 aromatic rings. The lowest BCUT2D eigenvalue weighted by Crippen LogP contribution is -2.11. The first-order valence-electron chi connectivity index (χ1n) is 5.36. The normalized spacial score (nSPS) is 12.5. The minimum atomic E-state index is -4.75. The molecule has 0 bridgehead atoms. The van der Waals surface area contributed by atoms with Crippen LogP contribution < -0.4 is 0 Å². The molecule has 0 saturated carbocycles. The fourth-order valence-corrected chi connectivity index (χ4v) is 1.80. The lowest BCUT2D eigenvalue weighted by Gasteiger charge is -2.16. The molecule has 0 spiro atoms. The van der Waals surface area contributed by atoms with Gasteiger partial charge in [0.25, 0.3) is 0 Å². The summed E-state index contributed by atoms with van der Waals surface area (Å²) in [5.74, 6) is 0. The van der Waals surface area contributed by atoms with Gasteiger partial charge in [-0.3, -0.25) is 0 Å². The molecule has 2 aromatic carbocycles. The van der Waals surface area contributed by atoms with Crippen molar-refractivity contribution in [3.05, 3.63) is 59.7 Å². The third kappa shape index (κ3) is 2.79. The van der Waals surface area contributed by atoms with Gasteiger partial charge in [-0.05, 0) is 35.4 Å². The van der Waals surface area contributed by atoms with Gasteiger partial charge in [-0.15, -0.1) is 0 Å². The third-order valence-electron chi connectivity index (χ3n) is 2.63. The van der Waals surface area contributed by atoms with E-state index in [1.807, 2.05) is 0 Å². The molecule has 0 fully saturated rings. The summed E-state index contributed by atoms with van der Waals surface area (Å²) in [5, 5.41) is 0. The molecule has 20 heavy (non-hydrogen) atoms. The SMILES string of the molecule is FC(F)(F)c1c[c]ccc1-c1cc[c]cc1C(F)(F)F. The standard InChI is InChI=1S/C14H6F6/c15-13(16,17)11-7-3-1-5-9(11)10-6-2-4-8-12(10)14(18,19)20/h1-2,5-8H. The van der Waals surface area contributed by atoms with E-state index in [0.29, 0.717) is 12.1 Å². The lowest BCUT2D eigenvalue weighted by molar-refractivity contribution is -0.139. The Morgan fingerprint density at radius 1 is 0.650 bits per heavy atom. The maximum atomic E-state index is 12.9. The van der Waals surface area contributed by atoms with Crippen LogP contribution in [0.3, 0.4) is 0 Å². The van der Waals surface area contributed by atoms with E-state index in [0.717, 1.165) is 24.3 Å². The summed E-state index contributed by atoms with van der Waals surface area (Å²) in [5.41, 5.74) is -3.37. The summed E-state index contributed by atoms with van der Waals surface area (Å²) in [6.07, 6.45) is -9.51. The highest BCUT2D eigenvalue weighted by Gasteiger charge is 2.37. The van der Waals surface area contributed by atoms with Crippen molar-refractivity contribution >= 4 is 0 Å². The van der Waals surface area contributed by atoms with Gasteiger partial charge in [0.2, 0.25) is 0 Å². The van der Waals surface area contributed by atoms with Crippen molar-refractivity contribution in [1.82, 2.24) is 0 Å². The molecule has 0 unspecified atom stereocenters. The summed E-state index contributed by atoms with van der Waals surface area (Å²) >= 11 is 0. The zero-order chi connectivity index (χ0) is 15.0. The van der Waals surface area contributed by atoms with Crippen LogP contribution in [0.2, 0.25) is 0 Å². The Balaban J connectivity index is 2.71. The molecule has 0 heterocycles. The van der Waals surface area contributed by atoms with Gasteiger partial charge in [0.15, 0.2) is 0 Å². The average molecular weight is 288 g/mol. The van der Waals surface area contributed by atoms with Crippen LogP contribution in [0, 0.1) is 12.1 Å². The van der Waals surface area contributed by atoms with Gasteiger partial charge in [0.05, 0.1) is 11.1 Å². The van der Waals surface area contributed by atoms with Crippen LogP contribution in [0.5, 0.6) is 0 Å². The number of halogens is 6. The quantitative estimate of drug-likeness (QED) is 0.648. The van der Waals surface area contributed by atoms with Gasteiger partial charge in [-0.2, -0.15) is 26.3 Å². The predicted octanol–water partition coefficient (Wildman–Crippen LogP) is 4.99. The summed E-state index contributed by atoms with van der Waals surface area (Å²) in [7, 11) is 0. The second kappa shape index (κ2) is 4.85. The van der Waals surface area contributed by atoms with Crippen molar-refractivity contribution in [2.45, 2.75) is 12.4 Å². The number of alkyl halides is 6. The van der Waals surface area contributed by atoms with Gasteiger partial charge >= 0.3 is 12.4 Å². The van der Waals surface area contributed by atoms with Crippen LogP contribution in [0.1, 0.15) is 11.1 Å². The van der Waals surface area contributed by atoms with Crippen LogP contribution in [-0.2, 0) is 12.4 Å². The maximum Gasteiger partial charge on any atom is 0.417 e. The van der Waals surface area contributed by atoms with E-state index >= 15 is 0 Å². The first-order valence-corrected chi connectivity index (χ1v) is 5.36. The molecule has 6 heteroatoms. The zero-order valence-corrected chi connectivity index (χ0v) is 9.73. The minimum Gasteiger partial charge on any atom is -0.166 e. The van der Waals surface area contributed by atoms with Crippen LogP contribution in [0.15, 0.2) is 36.4 Å². The molecule has 2 rings (SSSR count). The topological polar surface area (TPSA) is 0 Å². The molecular formula is C14H6F6. The second-order valence-corrected chi connectivity index (χ2v) is 3.94. The van der Waals surface area contributed by atoms with Crippen LogP contribution >= 0.6 is 0 Å². The van der Waals surface area contributed by atoms with Gasteiger partial charge in [-0.1, -0.05) is 24.3 Å². The highest BCUT2D eigenvalue weighted by molar-refractivity contribution is 5.71. The largest absolute Gasteiger partial charge is 0.417 e. The smallest absolute Gasteiger partial charge is 0.166 e. The molecule has 104 valence electrons. The van der Waals surface area contributed by atoms with Crippen molar-refractivity contribution in [2.75, 3.05) is 0 Å². The van der Waals surface area contributed by atoms with E-state index < -0.39 is 34.6 Å². The van der Waals surface area contributed by atoms with E-state index in [4.69, 9.17) is 0 Å². The van der Waals surface area contributed by atoms with Gasteiger partial charge in [0, 0.05) is 0 Å². The Hall–Kier alpha value is -1.98. The Morgan fingerprint density at radius 2 is 1.00 bits per heavy atom. The van der Waals surface area contributed by atoms with Crippen molar-refractivity contribution in [3.8, 4) is 11.1 Å². The molecule has 2 radical (unpaired) electrons. The van der Waals surface area contributed by atoms with E-state index in [1.165, 1.54) is 0 Å². The van der Waals surface area contributed by atoms with Crippen LogP contribution in [0.25, 0.3) is 11.1 Å². The summed E-state index contributed by atoms with van der Waals surface area (Å²) < 4.78 is 77.1. The van der Waals surface area contributed by atoms with Crippen LogP contribution in [0.4, 0.5) is 26.3 Å². The highest BCUT2D eigenvalue weighted by atomic mass is 19.4. The fraction of sp³-hybridized carbons (Fsp3) is 0.143. The fourth-order valence-electron chi connectivity index (χ4n) is 1.80. The molecule has 0 atom stereocenters. The molecule has 0 aliphatic carbocycles. The lowest BCUT2D eigenvalue weighted by atomic mass is 9.95. The second-order valence-electron chi connectivity index (χ2n) is 3.94. The Kier molecular flexibility index (Phi) is 3.50. The maximum absolute atomic E-state index is 12.9. The predicted molar refractivity (Wildman–Crippen MR) is 59.6 cm³/mol. The number of hydrogen-bond donors (Lipinski definition) is 0. The van der Waals surface area contributed by atoms with E-state index in [-0.39, 0.29) is 0 Å². The number of benzene rings is 2. The monoisotopic (exact) mass is 288 g/mol. The summed E-state index contributed by atoms with van der Waals surface area (Å²) in [6.45, 7) is 0. The summed E-state index contributed by atoms with van der Waals surface area (Å²) in [4.78, 5) is 0. The minimum absolute atomic E-state index is 0.530. The van der Waals surface area contributed by atoms with Crippen molar-refractivity contribution in [1.29, 1.82) is 0 Å². The molecule has 0 nitrogen and oxygen atoms in total. The highest BCUT2D eigenvalue weighted by Crippen LogP contribution is 2.42. The van der Waals surface area contributed by atoms with E-state index in [1.54, 1.807) is 0 Å². The van der Waals surface area contributed by atoms with Crippen LogP contribution in [-0.4, -0.2) is 0 Å². The van der Waals surface area contributed by atoms with Gasteiger partial charge in [0.1, 0.15) is 0 Å². The Bertz CT molecular complexity index is 554. The average Bonchev–Trinajstić information content (AvgIpc) is 2.37. The van der Waals surface area contributed by atoms with Crippen molar-refractivity contribution < 1.29 is 26.3 Å². The zero-order valence-electron chi connectivity index (χ0n) is 9.73. The molecule has 0 aromatic heterocycles. The van der Waals surface area contributed by atoms with Gasteiger partial charge in [-0.25, -0.2) is 0 Å². The molecule has 0 saturated heterocycles.